The lowest BCUT2D eigenvalue weighted by atomic mass is 10.1. The van der Waals surface area contributed by atoms with E-state index in [-0.39, 0.29) is 12.5 Å². The average molecular weight is 326 g/mol. The fourth-order valence-electron chi connectivity index (χ4n) is 2.42. The van der Waals surface area contributed by atoms with Gasteiger partial charge in [-0.05, 0) is 37.1 Å². The first-order valence-electron chi connectivity index (χ1n) is 7.20. The standard InChI is InChI=1S/C15H22N2O4S/c1-12-4-5-14(10-13(12)2)22(19,20)17-8-6-16(7-9-17)15(18)11-21-3/h4-5,10H,6-9,11H2,1-3H3. The van der Waals surface area contributed by atoms with Crippen LogP contribution in [0.1, 0.15) is 11.1 Å². The molecule has 1 aromatic carbocycles. The summed E-state index contributed by atoms with van der Waals surface area (Å²) >= 11 is 0. The van der Waals surface area contributed by atoms with Crippen molar-refractivity contribution in [1.82, 2.24) is 9.21 Å². The lowest BCUT2D eigenvalue weighted by Crippen LogP contribution is -2.51. The van der Waals surface area contributed by atoms with E-state index in [9.17, 15) is 13.2 Å². The molecule has 1 heterocycles. The number of aryl methyl sites for hydroxylation is 2. The van der Waals surface area contributed by atoms with Crippen LogP contribution in [0.15, 0.2) is 23.1 Å². The van der Waals surface area contributed by atoms with Gasteiger partial charge in [-0.3, -0.25) is 4.79 Å². The fourth-order valence-corrected chi connectivity index (χ4v) is 3.92. The van der Waals surface area contributed by atoms with Gasteiger partial charge in [-0.25, -0.2) is 8.42 Å². The smallest absolute Gasteiger partial charge is 0.248 e. The molecule has 0 radical (unpaired) electrons. The fraction of sp³-hybridized carbons (Fsp3) is 0.533. The zero-order chi connectivity index (χ0) is 16.3. The van der Waals surface area contributed by atoms with Crippen LogP contribution in [0.3, 0.4) is 0 Å². The maximum Gasteiger partial charge on any atom is 0.248 e. The topological polar surface area (TPSA) is 66.9 Å². The Morgan fingerprint density at radius 2 is 1.77 bits per heavy atom. The van der Waals surface area contributed by atoms with Crippen molar-refractivity contribution < 1.29 is 17.9 Å². The van der Waals surface area contributed by atoms with Crippen LogP contribution < -0.4 is 0 Å². The summed E-state index contributed by atoms with van der Waals surface area (Å²) in [6, 6.07) is 5.16. The lowest BCUT2D eigenvalue weighted by molar-refractivity contribution is -0.136. The van der Waals surface area contributed by atoms with E-state index in [0.29, 0.717) is 31.1 Å². The number of rotatable bonds is 4. The Morgan fingerprint density at radius 3 is 2.32 bits per heavy atom. The van der Waals surface area contributed by atoms with E-state index in [2.05, 4.69) is 0 Å². The van der Waals surface area contributed by atoms with E-state index in [1.54, 1.807) is 17.0 Å². The maximum absolute atomic E-state index is 12.7. The Balaban J connectivity index is 2.09. The number of hydrogen-bond acceptors (Lipinski definition) is 4. The molecule has 0 saturated carbocycles. The van der Waals surface area contributed by atoms with E-state index in [4.69, 9.17) is 4.74 Å². The Hall–Kier alpha value is -1.44. The molecule has 1 amide bonds. The van der Waals surface area contributed by atoms with Crippen molar-refractivity contribution in [3.8, 4) is 0 Å². The number of methoxy groups -OCH3 is 1. The second kappa shape index (κ2) is 6.76. The molecule has 1 aromatic rings. The molecule has 122 valence electrons. The minimum absolute atomic E-state index is 0.0317. The molecular formula is C15H22N2O4S. The molecule has 0 unspecified atom stereocenters. The largest absolute Gasteiger partial charge is 0.375 e. The molecule has 7 heteroatoms. The summed E-state index contributed by atoms with van der Waals surface area (Å²) in [7, 11) is -2.03. The van der Waals surface area contributed by atoms with Crippen molar-refractivity contribution in [2.75, 3.05) is 39.9 Å². The highest BCUT2D eigenvalue weighted by atomic mass is 32.2. The summed E-state index contributed by atoms with van der Waals surface area (Å²) in [5.74, 6) is -0.106. The summed E-state index contributed by atoms with van der Waals surface area (Å²) < 4.78 is 31.6. The van der Waals surface area contributed by atoms with Gasteiger partial charge < -0.3 is 9.64 Å². The second-order valence-electron chi connectivity index (χ2n) is 5.46. The van der Waals surface area contributed by atoms with Gasteiger partial charge in [0.1, 0.15) is 6.61 Å². The van der Waals surface area contributed by atoms with Gasteiger partial charge in [0.25, 0.3) is 0 Å². The summed E-state index contributed by atoms with van der Waals surface area (Å²) in [6.07, 6.45) is 0. The molecule has 1 aliphatic rings. The Labute approximate surface area is 131 Å². The van der Waals surface area contributed by atoms with Crippen molar-refractivity contribution in [2.45, 2.75) is 18.7 Å². The minimum Gasteiger partial charge on any atom is -0.375 e. The molecule has 6 nitrogen and oxygen atoms in total. The first kappa shape index (κ1) is 16.9. The van der Waals surface area contributed by atoms with Crippen LogP contribution >= 0.6 is 0 Å². The number of carbonyl (C=O) groups excluding carboxylic acids is 1. The molecular weight excluding hydrogens is 304 g/mol. The zero-order valence-electron chi connectivity index (χ0n) is 13.2. The van der Waals surface area contributed by atoms with Crippen LogP contribution in [-0.4, -0.2) is 63.4 Å². The van der Waals surface area contributed by atoms with E-state index in [1.807, 2.05) is 19.9 Å². The summed E-state index contributed by atoms with van der Waals surface area (Å²) in [6.45, 7) is 5.29. The molecule has 0 aromatic heterocycles. The van der Waals surface area contributed by atoms with Gasteiger partial charge in [0.2, 0.25) is 15.9 Å². The number of hydrogen-bond donors (Lipinski definition) is 0. The highest BCUT2D eigenvalue weighted by molar-refractivity contribution is 7.89. The van der Waals surface area contributed by atoms with Gasteiger partial charge >= 0.3 is 0 Å². The number of amides is 1. The molecule has 1 saturated heterocycles. The van der Waals surface area contributed by atoms with Gasteiger partial charge in [0.15, 0.2) is 0 Å². The zero-order valence-corrected chi connectivity index (χ0v) is 14.0. The van der Waals surface area contributed by atoms with Gasteiger partial charge in [-0.15, -0.1) is 0 Å². The number of sulfonamides is 1. The highest BCUT2D eigenvalue weighted by Crippen LogP contribution is 2.20. The third-order valence-electron chi connectivity index (χ3n) is 3.98. The third kappa shape index (κ3) is 3.48. The summed E-state index contributed by atoms with van der Waals surface area (Å²) in [4.78, 5) is 13.7. The number of nitrogens with zero attached hydrogens (tertiary/aromatic N) is 2. The van der Waals surface area contributed by atoms with Crippen LogP contribution in [0.2, 0.25) is 0 Å². The Kier molecular flexibility index (Phi) is 5.20. The van der Waals surface area contributed by atoms with Gasteiger partial charge in [-0.1, -0.05) is 6.07 Å². The highest BCUT2D eigenvalue weighted by Gasteiger charge is 2.30. The molecule has 0 N–H and O–H groups in total. The molecule has 22 heavy (non-hydrogen) atoms. The van der Waals surface area contributed by atoms with Gasteiger partial charge in [-0.2, -0.15) is 4.31 Å². The van der Waals surface area contributed by atoms with Gasteiger partial charge in [0.05, 0.1) is 4.90 Å². The van der Waals surface area contributed by atoms with E-state index >= 15 is 0 Å². The van der Waals surface area contributed by atoms with E-state index < -0.39 is 10.0 Å². The van der Waals surface area contributed by atoms with Crippen molar-refractivity contribution in [3.63, 3.8) is 0 Å². The molecule has 0 atom stereocenters. The van der Waals surface area contributed by atoms with Crippen LogP contribution in [0.25, 0.3) is 0 Å². The number of benzene rings is 1. The van der Waals surface area contributed by atoms with Crippen LogP contribution in [0, 0.1) is 13.8 Å². The van der Waals surface area contributed by atoms with Crippen LogP contribution in [-0.2, 0) is 19.6 Å². The number of carbonyl (C=O) groups is 1. The number of piperazine rings is 1. The lowest BCUT2D eigenvalue weighted by Gasteiger charge is -2.34. The van der Waals surface area contributed by atoms with Crippen LogP contribution in [0.4, 0.5) is 0 Å². The van der Waals surface area contributed by atoms with Crippen molar-refractivity contribution in [1.29, 1.82) is 0 Å². The van der Waals surface area contributed by atoms with Crippen molar-refractivity contribution in [3.05, 3.63) is 29.3 Å². The maximum atomic E-state index is 12.7. The minimum atomic E-state index is -3.50. The molecule has 2 rings (SSSR count). The van der Waals surface area contributed by atoms with Crippen molar-refractivity contribution in [2.24, 2.45) is 0 Å². The van der Waals surface area contributed by atoms with E-state index in [1.165, 1.54) is 11.4 Å². The predicted octanol–water partition coefficient (Wildman–Crippen LogP) is 0.783. The average Bonchev–Trinajstić information content (AvgIpc) is 2.50. The molecule has 1 aliphatic heterocycles. The third-order valence-corrected chi connectivity index (χ3v) is 5.87. The molecule has 1 fully saturated rings. The first-order valence-corrected chi connectivity index (χ1v) is 8.64. The molecule has 0 aliphatic carbocycles. The summed E-state index contributed by atoms with van der Waals surface area (Å²) in [5, 5.41) is 0. The number of ether oxygens (including phenoxy) is 1. The first-order chi connectivity index (χ1) is 10.4. The van der Waals surface area contributed by atoms with Gasteiger partial charge in [0, 0.05) is 33.3 Å². The summed E-state index contributed by atoms with van der Waals surface area (Å²) in [5.41, 5.74) is 2.02. The normalized spacial score (nSPS) is 16.8. The quantitative estimate of drug-likeness (QED) is 0.820. The SMILES string of the molecule is COCC(=O)N1CCN(S(=O)(=O)c2ccc(C)c(C)c2)CC1. The molecule has 0 bridgehead atoms. The van der Waals surface area contributed by atoms with Crippen LogP contribution in [0.5, 0.6) is 0 Å². The monoisotopic (exact) mass is 326 g/mol. The molecule has 0 spiro atoms. The van der Waals surface area contributed by atoms with E-state index in [0.717, 1.165) is 11.1 Å². The second-order valence-corrected chi connectivity index (χ2v) is 7.40. The Morgan fingerprint density at radius 1 is 1.14 bits per heavy atom. The predicted molar refractivity (Wildman–Crippen MR) is 83.1 cm³/mol. The van der Waals surface area contributed by atoms with Crippen molar-refractivity contribution >= 4 is 15.9 Å². The Bertz CT molecular complexity index is 650.